The van der Waals surface area contributed by atoms with Gasteiger partial charge in [0.1, 0.15) is 17.6 Å². The Kier molecular flexibility index (Phi) is 4.25. The number of fused-ring (bicyclic) bond motifs is 1. The van der Waals surface area contributed by atoms with E-state index in [0.717, 1.165) is 12.8 Å². The summed E-state index contributed by atoms with van der Waals surface area (Å²) in [7, 11) is 0. The second-order valence-electron chi connectivity index (χ2n) is 7.61. The number of anilines is 1. The van der Waals surface area contributed by atoms with Gasteiger partial charge in [-0.1, -0.05) is 23.2 Å². The molecule has 5 nitrogen and oxygen atoms in total. The molecule has 5 atom stereocenters. The lowest BCUT2D eigenvalue weighted by atomic mass is 9.79. The van der Waals surface area contributed by atoms with E-state index in [2.05, 4.69) is 5.32 Å². The highest BCUT2D eigenvalue weighted by Crippen LogP contribution is 2.57. The summed E-state index contributed by atoms with van der Waals surface area (Å²) in [4.78, 5) is 24.9. The first-order valence-corrected chi connectivity index (χ1v) is 9.99. The molecule has 3 fully saturated rings. The minimum atomic E-state index is -0.292. The Hall–Kier alpha value is -2.24. The number of benzene rings is 2. The smallest absolute Gasteiger partial charge is 0.310 e. The molecule has 1 amide bonds. The third kappa shape index (κ3) is 2.93. The van der Waals surface area contributed by atoms with Gasteiger partial charge in [-0.05, 0) is 61.2 Å². The summed E-state index contributed by atoms with van der Waals surface area (Å²) in [6.45, 7) is 0. The number of nitrogens with one attached hydrogen (secondary N) is 1. The Morgan fingerprint density at radius 2 is 1.89 bits per heavy atom. The zero-order chi connectivity index (χ0) is 19.4. The van der Waals surface area contributed by atoms with Crippen molar-refractivity contribution in [3.05, 3.63) is 52.5 Å². The van der Waals surface area contributed by atoms with E-state index >= 15 is 0 Å². The first-order chi connectivity index (χ1) is 13.5. The number of hydrogen-bond donors (Lipinski definition) is 1. The lowest BCUT2D eigenvalue weighted by Gasteiger charge is -2.23. The highest BCUT2D eigenvalue weighted by molar-refractivity contribution is 6.35. The Labute approximate surface area is 171 Å². The monoisotopic (exact) mass is 417 g/mol. The molecule has 1 heterocycles. The van der Waals surface area contributed by atoms with E-state index in [4.69, 9.17) is 32.7 Å². The molecule has 0 aromatic heterocycles. The van der Waals surface area contributed by atoms with Gasteiger partial charge in [0, 0.05) is 16.6 Å². The molecule has 1 aliphatic heterocycles. The van der Waals surface area contributed by atoms with Gasteiger partial charge in [0.05, 0.1) is 16.9 Å². The first kappa shape index (κ1) is 17.8. The largest absolute Gasteiger partial charge is 0.462 e. The van der Waals surface area contributed by atoms with Gasteiger partial charge in [0.2, 0.25) is 5.91 Å². The fourth-order valence-corrected chi connectivity index (χ4v) is 5.33. The molecule has 28 heavy (non-hydrogen) atoms. The van der Waals surface area contributed by atoms with Crippen LogP contribution in [0, 0.1) is 23.7 Å². The van der Waals surface area contributed by atoms with Crippen molar-refractivity contribution in [2.24, 2.45) is 23.7 Å². The molecule has 2 aromatic carbocycles. The predicted molar refractivity (Wildman–Crippen MR) is 105 cm³/mol. The summed E-state index contributed by atoms with van der Waals surface area (Å²) in [5, 5.41) is 3.89. The van der Waals surface area contributed by atoms with Crippen LogP contribution >= 0.6 is 23.2 Å². The van der Waals surface area contributed by atoms with Crippen LogP contribution in [0.4, 0.5) is 5.69 Å². The van der Waals surface area contributed by atoms with Gasteiger partial charge in [-0.2, -0.15) is 0 Å². The molecule has 2 bridgehead atoms. The van der Waals surface area contributed by atoms with Crippen molar-refractivity contribution >= 4 is 40.8 Å². The molecular formula is C21H17Cl2NO4. The molecule has 2 aliphatic carbocycles. The van der Waals surface area contributed by atoms with Gasteiger partial charge in [-0.15, -0.1) is 0 Å². The van der Waals surface area contributed by atoms with E-state index in [1.165, 1.54) is 0 Å². The molecule has 144 valence electrons. The van der Waals surface area contributed by atoms with Crippen molar-refractivity contribution in [2.75, 3.05) is 5.32 Å². The maximum atomic E-state index is 12.8. The van der Waals surface area contributed by atoms with E-state index in [1.54, 1.807) is 42.5 Å². The van der Waals surface area contributed by atoms with Crippen LogP contribution in [0.5, 0.6) is 11.5 Å². The van der Waals surface area contributed by atoms with Crippen LogP contribution in [0.1, 0.15) is 12.8 Å². The SMILES string of the molecule is O=C(Nc1ccc(Oc2ccc(Cl)cc2Cl)cc1)[C@@H]1[C@@H]2C[C@@H]3[C@@H]1C(=O)O[C@@H]3C2. The second-order valence-corrected chi connectivity index (χ2v) is 8.46. The maximum Gasteiger partial charge on any atom is 0.310 e. The Morgan fingerprint density at radius 3 is 2.64 bits per heavy atom. The van der Waals surface area contributed by atoms with Gasteiger partial charge in [0.15, 0.2) is 0 Å². The molecule has 7 heteroatoms. The zero-order valence-corrected chi connectivity index (χ0v) is 16.2. The lowest BCUT2D eigenvalue weighted by molar-refractivity contribution is -0.145. The zero-order valence-electron chi connectivity index (χ0n) is 14.7. The molecule has 0 spiro atoms. The topological polar surface area (TPSA) is 64.6 Å². The summed E-state index contributed by atoms with van der Waals surface area (Å²) >= 11 is 12.0. The van der Waals surface area contributed by atoms with E-state index < -0.39 is 0 Å². The summed E-state index contributed by atoms with van der Waals surface area (Å²) in [6.07, 6.45) is 1.75. The third-order valence-electron chi connectivity index (χ3n) is 6.03. The average molecular weight is 418 g/mol. The number of carbonyl (C=O) groups is 2. The average Bonchev–Trinajstić information content (AvgIpc) is 3.28. The molecule has 2 saturated carbocycles. The number of hydrogen-bond acceptors (Lipinski definition) is 4. The molecule has 3 aliphatic rings. The molecule has 5 rings (SSSR count). The van der Waals surface area contributed by atoms with E-state index in [0.29, 0.717) is 27.2 Å². The second kappa shape index (κ2) is 6.68. The minimum absolute atomic E-state index is 0.0303. The highest BCUT2D eigenvalue weighted by Gasteiger charge is 2.63. The number of carbonyl (C=O) groups excluding carboxylic acids is 2. The third-order valence-corrected chi connectivity index (χ3v) is 6.56. The van der Waals surface area contributed by atoms with Crippen molar-refractivity contribution in [1.82, 2.24) is 0 Å². The first-order valence-electron chi connectivity index (χ1n) is 9.24. The van der Waals surface area contributed by atoms with Gasteiger partial charge in [-0.25, -0.2) is 0 Å². The molecule has 1 saturated heterocycles. The van der Waals surface area contributed by atoms with Gasteiger partial charge < -0.3 is 14.8 Å². The van der Waals surface area contributed by atoms with Crippen molar-refractivity contribution in [1.29, 1.82) is 0 Å². The standard InChI is InChI=1S/C21H17Cl2NO4/c22-11-1-6-16(15(23)9-11)27-13-4-2-12(3-5-13)24-20(25)18-10-7-14-17(8-10)28-21(26)19(14)18/h1-6,9-10,14,17-19H,7-8H2,(H,24,25)/t10-,14+,17-,18-,19+/m1/s1. The van der Waals surface area contributed by atoms with Gasteiger partial charge >= 0.3 is 5.97 Å². The maximum absolute atomic E-state index is 12.8. The Morgan fingerprint density at radius 1 is 1.11 bits per heavy atom. The number of rotatable bonds is 4. The van der Waals surface area contributed by atoms with Gasteiger partial charge in [-0.3, -0.25) is 9.59 Å². The van der Waals surface area contributed by atoms with Crippen LogP contribution in [-0.4, -0.2) is 18.0 Å². The molecular weight excluding hydrogens is 401 g/mol. The molecule has 2 aromatic rings. The number of esters is 1. The van der Waals surface area contributed by atoms with E-state index in [-0.39, 0.29) is 41.7 Å². The van der Waals surface area contributed by atoms with Crippen LogP contribution in [0.3, 0.4) is 0 Å². The summed E-state index contributed by atoms with van der Waals surface area (Å²) < 4.78 is 11.2. The predicted octanol–water partition coefficient (Wildman–Crippen LogP) is 4.92. The number of amides is 1. The number of halogens is 2. The van der Waals surface area contributed by atoms with Crippen LogP contribution in [0.25, 0.3) is 0 Å². The van der Waals surface area contributed by atoms with E-state index in [1.807, 2.05) is 0 Å². The quantitative estimate of drug-likeness (QED) is 0.716. The summed E-state index contributed by atoms with van der Waals surface area (Å²) in [6, 6.07) is 12.0. The van der Waals surface area contributed by atoms with Crippen LogP contribution in [0.2, 0.25) is 10.0 Å². The Bertz CT molecular complexity index is 959. The van der Waals surface area contributed by atoms with Crippen molar-refractivity contribution < 1.29 is 19.1 Å². The van der Waals surface area contributed by atoms with E-state index in [9.17, 15) is 9.59 Å². The minimum Gasteiger partial charge on any atom is -0.462 e. The fraction of sp³-hybridized carbons (Fsp3) is 0.333. The van der Waals surface area contributed by atoms with Crippen LogP contribution in [-0.2, 0) is 14.3 Å². The van der Waals surface area contributed by atoms with Crippen molar-refractivity contribution in [3.8, 4) is 11.5 Å². The van der Waals surface area contributed by atoms with Crippen LogP contribution in [0.15, 0.2) is 42.5 Å². The summed E-state index contributed by atoms with van der Waals surface area (Å²) in [5.74, 6) is 0.652. The van der Waals surface area contributed by atoms with Crippen LogP contribution < -0.4 is 10.1 Å². The van der Waals surface area contributed by atoms with Gasteiger partial charge in [0.25, 0.3) is 0 Å². The molecule has 0 radical (unpaired) electrons. The number of ether oxygens (including phenoxy) is 2. The van der Waals surface area contributed by atoms with Crippen molar-refractivity contribution in [2.45, 2.75) is 18.9 Å². The lowest BCUT2D eigenvalue weighted by Crippen LogP contribution is -2.35. The fourth-order valence-electron chi connectivity index (χ4n) is 4.88. The Balaban J connectivity index is 1.26. The highest BCUT2D eigenvalue weighted by atomic mass is 35.5. The summed E-state index contributed by atoms with van der Waals surface area (Å²) in [5.41, 5.74) is 0.658. The molecule has 0 unspecified atom stereocenters. The molecule has 1 N–H and O–H groups in total. The normalized spacial score (nSPS) is 29.6. The van der Waals surface area contributed by atoms with Crippen molar-refractivity contribution in [3.63, 3.8) is 0 Å².